The fraction of sp³-hybridized carbons (Fsp3) is 0.300. The summed E-state index contributed by atoms with van der Waals surface area (Å²) < 4.78 is 21.0. The van der Waals surface area contributed by atoms with Crippen molar-refractivity contribution in [2.45, 2.75) is 12.6 Å². The Balaban J connectivity index is 1.47. The van der Waals surface area contributed by atoms with Crippen molar-refractivity contribution in [1.29, 1.82) is 0 Å². The highest BCUT2D eigenvalue weighted by molar-refractivity contribution is 5.54. The second-order valence-corrected chi connectivity index (χ2v) is 6.51. The Morgan fingerprint density at radius 3 is 2.62 bits per heavy atom. The highest BCUT2D eigenvalue weighted by atomic mass is 19.1. The molecule has 4 rings (SSSR count). The van der Waals surface area contributed by atoms with Gasteiger partial charge in [0.1, 0.15) is 11.6 Å². The molecule has 3 aromatic rings. The summed E-state index contributed by atoms with van der Waals surface area (Å²) >= 11 is 0. The Morgan fingerprint density at radius 2 is 1.85 bits per heavy atom. The zero-order valence-corrected chi connectivity index (χ0v) is 14.7. The van der Waals surface area contributed by atoms with Crippen LogP contribution in [0.25, 0.3) is 11.4 Å². The van der Waals surface area contributed by atoms with Crippen molar-refractivity contribution in [1.82, 2.24) is 19.7 Å². The van der Waals surface area contributed by atoms with Gasteiger partial charge in [0, 0.05) is 25.7 Å². The smallest absolute Gasteiger partial charge is 0.163 e. The maximum absolute atomic E-state index is 13.1. The minimum Gasteiger partial charge on any atom is -0.371 e. The second-order valence-electron chi connectivity index (χ2n) is 6.51. The Morgan fingerprint density at radius 1 is 1.08 bits per heavy atom. The number of nitrogens with zero attached hydrogens (tertiary/aromatic N) is 4. The predicted octanol–water partition coefficient (Wildman–Crippen LogP) is 3.19. The van der Waals surface area contributed by atoms with E-state index >= 15 is 0 Å². The molecule has 1 atom stereocenters. The summed E-state index contributed by atoms with van der Waals surface area (Å²) in [5.74, 6) is 1.56. The second kappa shape index (κ2) is 7.35. The zero-order chi connectivity index (χ0) is 17.9. The third-order valence-electron chi connectivity index (χ3n) is 4.75. The first-order valence-corrected chi connectivity index (χ1v) is 8.74. The molecule has 0 aliphatic carbocycles. The average Bonchev–Trinajstić information content (AvgIpc) is 3.04. The molecule has 0 spiro atoms. The SMILES string of the molecule is Cn1c(CN2CCOC(c3ccc(F)cc3)C2)nnc1-c1ccccc1. The summed E-state index contributed by atoms with van der Waals surface area (Å²) in [4.78, 5) is 2.30. The molecule has 5 nitrogen and oxygen atoms in total. The van der Waals surface area contributed by atoms with Crippen molar-refractivity contribution >= 4 is 0 Å². The summed E-state index contributed by atoms with van der Waals surface area (Å²) in [7, 11) is 2.00. The number of hydrogen-bond acceptors (Lipinski definition) is 4. The molecule has 2 aromatic carbocycles. The molecule has 0 N–H and O–H groups in total. The van der Waals surface area contributed by atoms with Crippen molar-refractivity contribution < 1.29 is 9.13 Å². The Hall–Kier alpha value is -2.57. The Kier molecular flexibility index (Phi) is 4.77. The van der Waals surface area contributed by atoms with Crippen LogP contribution in [0, 0.1) is 5.82 Å². The molecule has 1 aromatic heterocycles. The first kappa shape index (κ1) is 16.9. The molecule has 0 amide bonds. The van der Waals surface area contributed by atoms with Crippen LogP contribution in [-0.2, 0) is 18.3 Å². The highest BCUT2D eigenvalue weighted by Gasteiger charge is 2.23. The van der Waals surface area contributed by atoms with Crippen LogP contribution in [0.2, 0.25) is 0 Å². The molecule has 1 aliphatic rings. The van der Waals surface area contributed by atoms with Crippen LogP contribution in [0.15, 0.2) is 54.6 Å². The molecular formula is C20H21FN4O. The lowest BCUT2D eigenvalue weighted by Crippen LogP contribution is -2.38. The van der Waals surface area contributed by atoms with Crippen LogP contribution in [0.5, 0.6) is 0 Å². The average molecular weight is 352 g/mol. The maximum Gasteiger partial charge on any atom is 0.163 e. The molecule has 1 saturated heterocycles. The van der Waals surface area contributed by atoms with Gasteiger partial charge in [0.05, 0.1) is 19.3 Å². The minimum atomic E-state index is -0.228. The van der Waals surface area contributed by atoms with E-state index in [1.165, 1.54) is 12.1 Å². The third kappa shape index (κ3) is 3.52. The van der Waals surface area contributed by atoms with E-state index in [9.17, 15) is 4.39 Å². The standard InChI is InChI=1S/C20H21FN4O/c1-24-19(22-23-20(24)16-5-3-2-4-6-16)14-25-11-12-26-18(13-25)15-7-9-17(21)10-8-15/h2-10,18H,11-14H2,1H3. The quantitative estimate of drug-likeness (QED) is 0.723. The van der Waals surface area contributed by atoms with E-state index in [0.717, 1.165) is 35.9 Å². The van der Waals surface area contributed by atoms with Crippen molar-refractivity contribution in [2.24, 2.45) is 7.05 Å². The summed E-state index contributed by atoms with van der Waals surface area (Å²) in [6.45, 7) is 2.94. The molecule has 1 aliphatic heterocycles. The van der Waals surface area contributed by atoms with Crippen LogP contribution < -0.4 is 0 Å². The number of hydrogen-bond donors (Lipinski definition) is 0. The number of aromatic nitrogens is 3. The zero-order valence-electron chi connectivity index (χ0n) is 14.7. The van der Waals surface area contributed by atoms with E-state index in [2.05, 4.69) is 15.1 Å². The van der Waals surface area contributed by atoms with Gasteiger partial charge in [-0.3, -0.25) is 4.90 Å². The lowest BCUT2D eigenvalue weighted by molar-refractivity contribution is -0.0339. The fourth-order valence-corrected chi connectivity index (χ4v) is 3.26. The lowest BCUT2D eigenvalue weighted by Gasteiger charge is -2.32. The van der Waals surface area contributed by atoms with Gasteiger partial charge in [-0.15, -0.1) is 10.2 Å². The predicted molar refractivity (Wildman–Crippen MR) is 96.8 cm³/mol. The number of benzene rings is 2. The van der Waals surface area contributed by atoms with Crippen molar-refractivity contribution in [3.05, 3.63) is 71.8 Å². The molecule has 0 bridgehead atoms. The van der Waals surface area contributed by atoms with Gasteiger partial charge in [-0.25, -0.2) is 4.39 Å². The number of ether oxygens (including phenoxy) is 1. The van der Waals surface area contributed by atoms with Crippen molar-refractivity contribution in [2.75, 3.05) is 19.7 Å². The maximum atomic E-state index is 13.1. The Bertz CT molecular complexity index is 863. The van der Waals surface area contributed by atoms with Crippen LogP contribution in [0.4, 0.5) is 4.39 Å². The lowest BCUT2D eigenvalue weighted by atomic mass is 10.1. The number of morpholine rings is 1. The molecule has 26 heavy (non-hydrogen) atoms. The summed E-state index contributed by atoms with van der Waals surface area (Å²) in [6.07, 6.45) is -0.0498. The van der Waals surface area contributed by atoms with E-state index in [1.807, 2.05) is 41.9 Å². The monoisotopic (exact) mass is 352 g/mol. The summed E-state index contributed by atoms with van der Waals surface area (Å²) in [5.41, 5.74) is 2.05. The fourth-order valence-electron chi connectivity index (χ4n) is 3.26. The van der Waals surface area contributed by atoms with Crippen molar-refractivity contribution in [3.63, 3.8) is 0 Å². The van der Waals surface area contributed by atoms with Gasteiger partial charge in [-0.2, -0.15) is 0 Å². The first-order valence-electron chi connectivity index (χ1n) is 8.74. The van der Waals surface area contributed by atoms with Gasteiger partial charge in [0.2, 0.25) is 0 Å². The highest BCUT2D eigenvalue weighted by Crippen LogP contribution is 2.24. The molecule has 0 radical (unpaired) electrons. The van der Waals surface area contributed by atoms with Gasteiger partial charge in [-0.1, -0.05) is 42.5 Å². The van der Waals surface area contributed by atoms with Crippen molar-refractivity contribution in [3.8, 4) is 11.4 Å². The van der Waals surface area contributed by atoms with E-state index in [4.69, 9.17) is 4.74 Å². The van der Waals surface area contributed by atoms with Crippen LogP contribution >= 0.6 is 0 Å². The molecular weight excluding hydrogens is 331 g/mol. The first-order chi connectivity index (χ1) is 12.7. The molecule has 1 unspecified atom stereocenters. The largest absolute Gasteiger partial charge is 0.371 e. The number of rotatable bonds is 4. The normalized spacial score (nSPS) is 18.2. The van der Waals surface area contributed by atoms with E-state index in [0.29, 0.717) is 13.2 Å². The molecule has 6 heteroatoms. The van der Waals surface area contributed by atoms with E-state index in [1.54, 1.807) is 12.1 Å². The third-order valence-corrected chi connectivity index (χ3v) is 4.75. The number of halogens is 1. The van der Waals surface area contributed by atoms with Gasteiger partial charge >= 0.3 is 0 Å². The molecule has 1 fully saturated rings. The summed E-state index contributed by atoms with van der Waals surface area (Å²) in [6, 6.07) is 16.6. The molecule has 134 valence electrons. The van der Waals surface area contributed by atoms with Gasteiger partial charge in [-0.05, 0) is 17.7 Å². The molecule has 0 saturated carbocycles. The summed E-state index contributed by atoms with van der Waals surface area (Å²) in [5, 5.41) is 8.73. The van der Waals surface area contributed by atoms with Gasteiger partial charge in [0.15, 0.2) is 5.82 Å². The topological polar surface area (TPSA) is 43.2 Å². The van der Waals surface area contributed by atoms with E-state index < -0.39 is 0 Å². The van der Waals surface area contributed by atoms with Crippen LogP contribution in [0.1, 0.15) is 17.5 Å². The van der Waals surface area contributed by atoms with E-state index in [-0.39, 0.29) is 11.9 Å². The minimum absolute atomic E-state index is 0.0498. The van der Waals surface area contributed by atoms with Gasteiger partial charge < -0.3 is 9.30 Å². The van der Waals surface area contributed by atoms with Crippen LogP contribution in [0.3, 0.4) is 0 Å². The Labute approximate surface area is 152 Å². The van der Waals surface area contributed by atoms with Crippen LogP contribution in [-0.4, -0.2) is 39.4 Å². The van der Waals surface area contributed by atoms with Gasteiger partial charge in [0.25, 0.3) is 0 Å². The molecule has 2 heterocycles.